The maximum atomic E-state index is 11.1. The van der Waals surface area contributed by atoms with Gasteiger partial charge >= 0.3 is 0 Å². The molecule has 5 nitrogen and oxygen atoms in total. The lowest BCUT2D eigenvalue weighted by Gasteiger charge is -2.21. The number of hydrogen-bond acceptors (Lipinski definition) is 4. The Kier molecular flexibility index (Phi) is 1.68. The van der Waals surface area contributed by atoms with Gasteiger partial charge in [0.15, 0.2) is 0 Å². The molecule has 1 fully saturated rings. The molecule has 15 heavy (non-hydrogen) atoms. The Morgan fingerprint density at radius 1 is 1.67 bits per heavy atom. The second-order valence-electron chi connectivity index (χ2n) is 4.48. The Morgan fingerprint density at radius 2 is 2.53 bits per heavy atom. The summed E-state index contributed by atoms with van der Waals surface area (Å²) in [6, 6.07) is 0. The number of likely N-dealkylation sites (tertiary alicyclic amines) is 1. The van der Waals surface area contributed by atoms with Crippen LogP contribution in [0.2, 0.25) is 0 Å². The summed E-state index contributed by atoms with van der Waals surface area (Å²) in [6.45, 7) is 1.95. The van der Waals surface area contributed by atoms with Gasteiger partial charge in [0.1, 0.15) is 5.60 Å². The van der Waals surface area contributed by atoms with Gasteiger partial charge in [-0.2, -0.15) is 0 Å². The summed E-state index contributed by atoms with van der Waals surface area (Å²) < 4.78 is 5.86. The van der Waals surface area contributed by atoms with Crippen molar-refractivity contribution in [3.63, 3.8) is 0 Å². The molecule has 1 unspecified atom stereocenters. The van der Waals surface area contributed by atoms with Gasteiger partial charge < -0.3 is 14.6 Å². The topological polar surface area (TPSA) is 58.2 Å². The fourth-order valence-corrected chi connectivity index (χ4v) is 2.47. The summed E-state index contributed by atoms with van der Waals surface area (Å²) >= 11 is 0. The number of likely N-dealkylation sites (N-methyl/N-ethyl adjacent to an activating group) is 1. The lowest BCUT2D eigenvalue weighted by molar-refractivity contribution is 0.101. The number of nitrogens with zero attached hydrogens (tertiary/aromatic N) is 2. The zero-order valence-electron chi connectivity index (χ0n) is 8.62. The first-order valence-corrected chi connectivity index (χ1v) is 5.13. The average Bonchev–Trinajstić information content (AvgIpc) is 2.69. The van der Waals surface area contributed by atoms with Crippen LogP contribution in [0.25, 0.3) is 0 Å². The minimum Gasteiger partial charge on any atom is -0.468 e. The van der Waals surface area contributed by atoms with E-state index < -0.39 is 0 Å². The van der Waals surface area contributed by atoms with E-state index in [2.05, 4.69) is 21.9 Å². The zero-order chi connectivity index (χ0) is 10.5. The second kappa shape index (κ2) is 2.82. The highest BCUT2D eigenvalue weighted by Gasteiger charge is 2.45. The van der Waals surface area contributed by atoms with Crippen LogP contribution in [0.5, 0.6) is 5.88 Å². The Balaban J connectivity index is 1.95. The average molecular weight is 207 g/mol. The normalized spacial score (nSPS) is 29.4. The minimum absolute atomic E-state index is 0.144. The first-order chi connectivity index (χ1) is 7.17. The third kappa shape index (κ3) is 1.34. The van der Waals surface area contributed by atoms with E-state index in [1.54, 1.807) is 0 Å². The molecule has 0 radical (unpaired) electrons. The zero-order valence-corrected chi connectivity index (χ0v) is 8.62. The van der Waals surface area contributed by atoms with Gasteiger partial charge in [0, 0.05) is 25.9 Å². The Morgan fingerprint density at radius 3 is 3.27 bits per heavy atom. The molecule has 2 aliphatic rings. The second-order valence-corrected chi connectivity index (χ2v) is 4.48. The standard InChI is InChI=1S/C10H13N3O2/c1-13-3-2-10(6-13)4-7-9(15-10)11-5-8(14)12-7/h5H,2-4,6H2,1H3,(H,12,14). The van der Waals surface area contributed by atoms with Gasteiger partial charge in [0.25, 0.3) is 5.56 Å². The monoisotopic (exact) mass is 207 g/mol. The minimum atomic E-state index is -0.152. The number of fused-ring (bicyclic) bond motifs is 1. The number of aromatic nitrogens is 2. The molecule has 1 atom stereocenters. The Bertz CT molecular complexity index is 456. The van der Waals surface area contributed by atoms with Gasteiger partial charge in [-0.1, -0.05) is 0 Å². The maximum absolute atomic E-state index is 11.1. The quantitative estimate of drug-likeness (QED) is 0.639. The van der Waals surface area contributed by atoms with Crippen molar-refractivity contribution in [2.24, 2.45) is 0 Å². The van der Waals surface area contributed by atoms with E-state index in [0.29, 0.717) is 5.88 Å². The maximum Gasteiger partial charge on any atom is 0.266 e. The number of nitrogens with one attached hydrogen (secondary N) is 1. The number of rotatable bonds is 0. The van der Waals surface area contributed by atoms with E-state index in [4.69, 9.17) is 4.74 Å². The Hall–Kier alpha value is -1.36. The van der Waals surface area contributed by atoms with Crippen molar-refractivity contribution in [1.29, 1.82) is 0 Å². The molecule has 0 bridgehead atoms. The summed E-state index contributed by atoms with van der Waals surface area (Å²) in [7, 11) is 2.08. The molecule has 2 aliphatic heterocycles. The van der Waals surface area contributed by atoms with Crippen LogP contribution in [-0.4, -0.2) is 40.6 Å². The molecule has 0 saturated carbocycles. The predicted molar refractivity (Wildman–Crippen MR) is 54.0 cm³/mol. The highest BCUT2D eigenvalue weighted by molar-refractivity contribution is 5.27. The van der Waals surface area contributed by atoms with E-state index >= 15 is 0 Å². The number of H-pyrrole nitrogens is 1. The molecular formula is C10H13N3O2. The molecule has 0 aromatic carbocycles. The van der Waals surface area contributed by atoms with Crippen molar-refractivity contribution in [3.05, 3.63) is 22.2 Å². The van der Waals surface area contributed by atoms with Crippen LogP contribution in [0.4, 0.5) is 0 Å². The van der Waals surface area contributed by atoms with Crippen LogP contribution in [0, 0.1) is 0 Å². The van der Waals surface area contributed by atoms with E-state index in [1.807, 2.05) is 0 Å². The van der Waals surface area contributed by atoms with Crippen LogP contribution >= 0.6 is 0 Å². The Labute approximate surface area is 87.1 Å². The van der Waals surface area contributed by atoms with Gasteiger partial charge in [-0.15, -0.1) is 0 Å². The molecule has 3 heterocycles. The summed E-state index contributed by atoms with van der Waals surface area (Å²) in [5.41, 5.74) is 0.549. The van der Waals surface area contributed by atoms with Crippen molar-refractivity contribution < 1.29 is 4.74 Å². The van der Waals surface area contributed by atoms with Crippen LogP contribution in [0.15, 0.2) is 11.0 Å². The SMILES string of the molecule is CN1CCC2(Cc3[nH]c(=O)cnc3O2)C1. The van der Waals surface area contributed by atoms with Gasteiger partial charge in [0.05, 0.1) is 11.9 Å². The highest BCUT2D eigenvalue weighted by Crippen LogP contribution is 2.36. The molecule has 1 aromatic rings. The molecule has 5 heteroatoms. The molecule has 3 rings (SSSR count). The molecule has 0 aliphatic carbocycles. The molecular weight excluding hydrogens is 194 g/mol. The van der Waals surface area contributed by atoms with Gasteiger partial charge in [-0.3, -0.25) is 4.79 Å². The first-order valence-electron chi connectivity index (χ1n) is 5.13. The highest BCUT2D eigenvalue weighted by atomic mass is 16.5. The fraction of sp³-hybridized carbons (Fsp3) is 0.600. The van der Waals surface area contributed by atoms with Gasteiger partial charge in [-0.05, 0) is 7.05 Å². The molecule has 1 saturated heterocycles. The fourth-order valence-electron chi connectivity index (χ4n) is 2.47. The van der Waals surface area contributed by atoms with Gasteiger partial charge in [-0.25, -0.2) is 4.98 Å². The van der Waals surface area contributed by atoms with Crippen molar-refractivity contribution >= 4 is 0 Å². The molecule has 1 aromatic heterocycles. The third-order valence-electron chi connectivity index (χ3n) is 3.15. The smallest absolute Gasteiger partial charge is 0.266 e. The largest absolute Gasteiger partial charge is 0.468 e. The van der Waals surface area contributed by atoms with E-state index in [-0.39, 0.29) is 11.2 Å². The van der Waals surface area contributed by atoms with Crippen LogP contribution in [0.1, 0.15) is 12.1 Å². The summed E-state index contributed by atoms with van der Waals surface area (Å²) in [6.07, 6.45) is 3.05. The third-order valence-corrected chi connectivity index (χ3v) is 3.15. The summed E-state index contributed by atoms with van der Waals surface area (Å²) in [5, 5.41) is 0. The lowest BCUT2D eigenvalue weighted by Crippen LogP contribution is -2.37. The molecule has 1 spiro atoms. The molecule has 0 amide bonds. The van der Waals surface area contributed by atoms with Crippen molar-refractivity contribution in [2.75, 3.05) is 20.1 Å². The summed E-state index contributed by atoms with van der Waals surface area (Å²) in [4.78, 5) is 20.2. The number of aromatic amines is 1. The van der Waals surface area contributed by atoms with Crippen LogP contribution in [0.3, 0.4) is 0 Å². The number of ether oxygens (including phenoxy) is 1. The number of hydrogen-bond donors (Lipinski definition) is 1. The first kappa shape index (κ1) is 8.91. The van der Waals surface area contributed by atoms with Crippen LogP contribution < -0.4 is 10.3 Å². The van der Waals surface area contributed by atoms with Crippen molar-refractivity contribution in [1.82, 2.24) is 14.9 Å². The van der Waals surface area contributed by atoms with Crippen molar-refractivity contribution in [3.8, 4) is 5.88 Å². The van der Waals surface area contributed by atoms with Crippen molar-refractivity contribution in [2.45, 2.75) is 18.4 Å². The molecule has 80 valence electrons. The van der Waals surface area contributed by atoms with E-state index in [0.717, 1.165) is 31.6 Å². The van der Waals surface area contributed by atoms with Crippen LogP contribution in [-0.2, 0) is 6.42 Å². The van der Waals surface area contributed by atoms with E-state index in [9.17, 15) is 4.79 Å². The molecule has 1 N–H and O–H groups in total. The lowest BCUT2D eigenvalue weighted by atomic mass is 9.99. The van der Waals surface area contributed by atoms with E-state index in [1.165, 1.54) is 6.20 Å². The predicted octanol–water partition coefficient (Wildman–Crippen LogP) is -0.221. The summed E-state index contributed by atoms with van der Waals surface area (Å²) in [5.74, 6) is 0.602. The van der Waals surface area contributed by atoms with Gasteiger partial charge in [0.2, 0.25) is 5.88 Å².